The molecule has 0 aliphatic carbocycles. The molecule has 0 heterocycles. The summed E-state index contributed by atoms with van der Waals surface area (Å²) < 4.78 is 47.8. The smallest absolute Gasteiger partial charge is 0.266 e. The number of aliphatic hydroxyl groups excluding tert-OH is 2. The number of hydrogen-bond acceptors (Lipinski definition) is 5. The highest BCUT2D eigenvalue weighted by molar-refractivity contribution is 7.87. The predicted molar refractivity (Wildman–Crippen MR) is 44.1 cm³/mol. The largest absolute Gasteiger partial charge is 0.394 e. The molecular formula is C4H10O7S2. The molecule has 0 radical (unpaired) electrons. The first-order valence-corrected chi connectivity index (χ1v) is 5.89. The lowest BCUT2D eigenvalue weighted by molar-refractivity contribution is 0.0943. The van der Waals surface area contributed by atoms with Crippen LogP contribution < -0.4 is 0 Å². The van der Waals surface area contributed by atoms with Gasteiger partial charge in [0.05, 0.1) is 18.5 Å². The van der Waals surface area contributed by atoms with Crippen LogP contribution in [0.4, 0.5) is 0 Å². The Morgan fingerprint density at radius 3 is 2.08 bits per heavy atom. The summed E-state index contributed by atoms with van der Waals surface area (Å²) in [6.45, 7) is -0.855. The Hall–Kier alpha value is -0.0600. The lowest BCUT2D eigenvalue weighted by atomic mass is 10.3. The third kappa shape index (κ3) is 5.29. The second-order valence-corrected chi connectivity index (χ2v) is 4.97. The van der Waals surface area contributed by atoms with Crippen LogP contribution in [-0.4, -0.2) is 55.7 Å². The molecule has 13 heavy (non-hydrogen) atoms. The molecule has 0 saturated heterocycles. The quantitative estimate of drug-likeness (QED) is 0.314. The Bertz CT molecular complexity index is 270. The molecule has 7 nitrogen and oxygen atoms in total. The maximum atomic E-state index is 10.4. The maximum Gasteiger partial charge on any atom is 0.266 e. The fraction of sp³-hybridized carbons (Fsp3) is 1.00. The summed E-state index contributed by atoms with van der Waals surface area (Å²) in [5, 5.41) is 15.6. The highest BCUT2D eigenvalue weighted by Crippen LogP contribution is 2.04. The van der Waals surface area contributed by atoms with Crippen molar-refractivity contribution in [1.82, 2.24) is 0 Å². The van der Waals surface area contributed by atoms with E-state index in [1.54, 1.807) is 0 Å². The maximum absolute atomic E-state index is 10.4. The molecule has 80 valence electrons. The molecule has 9 heteroatoms. The highest BCUT2D eigenvalue weighted by atomic mass is 32.2. The third-order valence-electron chi connectivity index (χ3n) is 1.25. The second kappa shape index (κ2) is 4.98. The lowest BCUT2D eigenvalue weighted by Gasteiger charge is -2.15. The molecule has 0 aromatic heterocycles. The Morgan fingerprint density at radius 2 is 1.85 bits per heavy atom. The summed E-state index contributed by atoms with van der Waals surface area (Å²) in [4.78, 5) is 0. The zero-order valence-electron chi connectivity index (χ0n) is 6.40. The van der Waals surface area contributed by atoms with Crippen molar-refractivity contribution in [2.75, 3.05) is 12.4 Å². The van der Waals surface area contributed by atoms with Gasteiger partial charge in [-0.15, -0.1) is 0 Å². The summed E-state index contributed by atoms with van der Waals surface area (Å²) in [6, 6.07) is 0. The van der Waals surface area contributed by atoms with Crippen molar-refractivity contribution in [3.05, 3.63) is 0 Å². The molecule has 0 rings (SSSR count). The van der Waals surface area contributed by atoms with Crippen LogP contribution in [0.25, 0.3) is 0 Å². The van der Waals surface area contributed by atoms with Crippen LogP contribution in [0.3, 0.4) is 0 Å². The van der Waals surface area contributed by atoms with Crippen LogP contribution in [0.15, 0.2) is 0 Å². The van der Waals surface area contributed by atoms with E-state index in [4.69, 9.17) is 19.3 Å². The number of hydrogen-bond donors (Lipinski definition) is 4. The van der Waals surface area contributed by atoms with E-state index in [0.29, 0.717) is 0 Å². The van der Waals surface area contributed by atoms with Crippen molar-refractivity contribution < 1.29 is 31.9 Å². The van der Waals surface area contributed by atoms with Gasteiger partial charge in [-0.3, -0.25) is 4.55 Å². The monoisotopic (exact) mass is 234 g/mol. The van der Waals surface area contributed by atoms with Crippen LogP contribution >= 0.6 is 0 Å². The average molecular weight is 234 g/mol. The minimum atomic E-state index is -4.45. The molecular weight excluding hydrogens is 224 g/mol. The predicted octanol–water partition coefficient (Wildman–Crippen LogP) is -2.18. The Balaban J connectivity index is 4.54. The normalized spacial score (nSPS) is 19.4. The summed E-state index contributed by atoms with van der Waals surface area (Å²) in [7, 11) is -4.45. The topological polar surface area (TPSA) is 132 Å². The average Bonchev–Trinajstić information content (AvgIpc) is 1.96. The summed E-state index contributed by atoms with van der Waals surface area (Å²) >= 11 is -2.63. The van der Waals surface area contributed by atoms with Crippen molar-refractivity contribution in [2.24, 2.45) is 0 Å². The Morgan fingerprint density at radius 1 is 1.38 bits per heavy atom. The number of rotatable bonds is 5. The van der Waals surface area contributed by atoms with Crippen molar-refractivity contribution >= 4 is 21.2 Å². The van der Waals surface area contributed by atoms with Gasteiger partial charge in [-0.1, -0.05) is 0 Å². The molecule has 0 aromatic carbocycles. The Labute approximate surface area is 77.4 Å². The van der Waals surface area contributed by atoms with E-state index in [0.717, 1.165) is 0 Å². The van der Waals surface area contributed by atoms with E-state index in [1.807, 2.05) is 0 Å². The standard InChI is InChI=1S/C4H10O7S2/c5-1-3(6)4(12(7)8)2-13(9,10)11/h3-6H,1-2H2,(H,7,8)(H,9,10,11). The minimum Gasteiger partial charge on any atom is -0.394 e. The van der Waals surface area contributed by atoms with E-state index in [1.165, 1.54) is 0 Å². The molecule has 0 spiro atoms. The van der Waals surface area contributed by atoms with Gasteiger partial charge < -0.3 is 14.8 Å². The fourth-order valence-corrected chi connectivity index (χ4v) is 2.60. The Kier molecular flexibility index (Phi) is 4.96. The van der Waals surface area contributed by atoms with Crippen molar-refractivity contribution in [2.45, 2.75) is 11.4 Å². The second-order valence-electron chi connectivity index (χ2n) is 2.31. The molecule has 0 aliphatic heterocycles. The van der Waals surface area contributed by atoms with Gasteiger partial charge in [-0.2, -0.15) is 8.42 Å². The van der Waals surface area contributed by atoms with E-state index < -0.39 is 44.9 Å². The molecule has 0 fully saturated rings. The molecule has 3 unspecified atom stereocenters. The van der Waals surface area contributed by atoms with Crippen molar-refractivity contribution in [1.29, 1.82) is 0 Å². The highest BCUT2D eigenvalue weighted by Gasteiger charge is 2.29. The van der Waals surface area contributed by atoms with Gasteiger partial charge in [0.2, 0.25) is 0 Å². The molecule has 0 saturated carbocycles. The van der Waals surface area contributed by atoms with Gasteiger partial charge in [0.15, 0.2) is 11.1 Å². The zero-order chi connectivity index (χ0) is 10.6. The summed E-state index contributed by atoms with van der Waals surface area (Å²) in [6.07, 6.45) is -1.66. The summed E-state index contributed by atoms with van der Waals surface area (Å²) in [5.41, 5.74) is 0. The lowest BCUT2D eigenvalue weighted by Crippen LogP contribution is -2.38. The van der Waals surface area contributed by atoms with Crippen molar-refractivity contribution in [3.8, 4) is 0 Å². The first-order chi connectivity index (χ1) is 5.78. The van der Waals surface area contributed by atoms with E-state index >= 15 is 0 Å². The molecule has 0 amide bonds. The third-order valence-corrected chi connectivity index (χ3v) is 3.24. The molecule has 0 aliphatic rings. The van der Waals surface area contributed by atoms with E-state index in [9.17, 15) is 12.6 Å². The summed E-state index contributed by atoms with van der Waals surface area (Å²) in [5.74, 6) is -1.07. The van der Waals surface area contributed by atoms with Gasteiger partial charge >= 0.3 is 0 Å². The van der Waals surface area contributed by atoms with Crippen LogP contribution in [-0.2, 0) is 21.2 Å². The van der Waals surface area contributed by atoms with Gasteiger partial charge in [0.25, 0.3) is 10.1 Å². The van der Waals surface area contributed by atoms with Crippen LogP contribution in [0, 0.1) is 0 Å². The molecule has 3 atom stereocenters. The van der Waals surface area contributed by atoms with Crippen LogP contribution in [0.5, 0.6) is 0 Å². The van der Waals surface area contributed by atoms with Crippen LogP contribution in [0.2, 0.25) is 0 Å². The molecule has 0 bridgehead atoms. The van der Waals surface area contributed by atoms with Crippen LogP contribution in [0.1, 0.15) is 0 Å². The van der Waals surface area contributed by atoms with Crippen molar-refractivity contribution in [3.63, 3.8) is 0 Å². The molecule has 4 N–H and O–H groups in total. The SMILES string of the molecule is O=S(O)C(CS(=O)(=O)O)C(O)CO. The van der Waals surface area contributed by atoms with Gasteiger partial charge in [-0.05, 0) is 0 Å². The molecule has 0 aromatic rings. The zero-order valence-corrected chi connectivity index (χ0v) is 8.03. The first-order valence-electron chi connectivity index (χ1n) is 3.11. The van der Waals surface area contributed by atoms with Gasteiger partial charge in [-0.25, -0.2) is 4.21 Å². The van der Waals surface area contributed by atoms with E-state index in [-0.39, 0.29) is 0 Å². The minimum absolute atomic E-state index is 0.855. The van der Waals surface area contributed by atoms with Gasteiger partial charge in [0.1, 0.15) is 5.25 Å². The van der Waals surface area contributed by atoms with E-state index in [2.05, 4.69) is 0 Å². The van der Waals surface area contributed by atoms with Gasteiger partial charge in [0, 0.05) is 0 Å². The number of aliphatic hydroxyl groups is 2. The first kappa shape index (κ1) is 12.9. The fourth-order valence-electron chi connectivity index (χ4n) is 0.629.